The van der Waals surface area contributed by atoms with Crippen LogP contribution in [0.1, 0.15) is 0 Å². The van der Waals surface area contributed by atoms with Crippen LogP contribution >= 0.6 is 0 Å². The van der Waals surface area contributed by atoms with Crippen LogP contribution in [0, 0.1) is 5.82 Å². The molecule has 1 aromatic heterocycles. The van der Waals surface area contributed by atoms with Gasteiger partial charge in [-0.3, -0.25) is 0 Å². The molecule has 0 saturated carbocycles. The van der Waals surface area contributed by atoms with Gasteiger partial charge < -0.3 is 4.42 Å². The average Bonchev–Trinajstić information content (AvgIpc) is 2.50. The quantitative estimate of drug-likeness (QED) is 0.777. The lowest BCUT2D eigenvalue weighted by atomic mass is 10.2. The van der Waals surface area contributed by atoms with Gasteiger partial charge in [-0.25, -0.2) is 17.9 Å². The summed E-state index contributed by atoms with van der Waals surface area (Å²) in [4.78, 5) is -0.209. The molecule has 0 spiro atoms. The minimum Gasteiger partial charge on any atom is -0.463 e. The van der Waals surface area contributed by atoms with E-state index in [0.717, 1.165) is 12.1 Å². The number of hydrogen-bond donors (Lipinski definition) is 1. The Morgan fingerprint density at radius 3 is 2.64 bits per heavy atom. The maximum Gasteiger partial charge on any atom is 0.241 e. The molecule has 0 radical (unpaired) electrons. The lowest BCUT2D eigenvalue weighted by Gasteiger charge is -1.99. The smallest absolute Gasteiger partial charge is 0.241 e. The molecule has 0 aliphatic carbocycles. The first-order chi connectivity index (χ1) is 6.50. The van der Waals surface area contributed by atoms with Gasteiger partial charge in [0.1, 0.15) is 10.7 Å². The molecule has 0 saturated heterocycles. The molecule has 1 aromatic carbocycles. The molecule has 2 N–H and O–H groups in total. The molecule has 2 aromatic rings. The third-order valence-corrected chi connectivity index (χ3v) is 2.77. The Hall–Kier alpha value is -1.40. The Morgan fingerprint density at radius 1 is 1.29 bits per heavy atom. The third kappa shape index (κ3) is 1.28. The van der Waals surface area contributed by atoms with Gasteiger partial charge in [0.15, 0.2) is 5.58 Å². The zero-order chi connectivity index (χ0) is 10.3. The van der Waals surface area contributed by atoms with E-state index in [1.54, 1.807) is 0 Å². The average molecular weight is 215 g/mol. The normalized spacial score (nSPS) is 12.1. The second-order valence-electron chi connectivity index (χ2n) is 2.75. The van der Waals surface area contributed by atoms with Crippen LogP contribution in [0.15, 0.2) is 33.8 Å². The standard InChI is InChI=1S/C8H6FNO3S/c9-6-1-2-7(14(10,11)12)8-5(6)3-4-13-8/h1-4H,(H2,10,11,12). The van der Waals surface area contributed by atoms with Crippen molar-refractivity contribution in [2.75, 3.05) is 0 Å². The van der Waals surface area contributed by atoms with E-state index in [0.29, 0.717) is 0 Å². The van der Waals surface area contributed by atoms with E-state index in [-0.39, 0.29) is 15.9 Å². The Kier molecular flexibility index (Phi) is 1.83. The van der Waals surface area contributed by atoms with Crippen LogP contribution in [0.3, 0.4) is 0 Å². The first kappa shape index (κ1) is 9.17. The summed E-state index contributed by atoms with van der Waals surface area (Å²) in [7, 11) is -3.88. The number of nitrogens with two attached hydrogens (primary N) is 1. The van der Waals surface area contributed by atoms with Crippen LogP contribution in [-0.4, -0.2) is 8.42 Å². The van der Waals surface area contributed by atoms with Gasteiger partial charge in [-0.2, -0.15) is 0 Å². The lowest BCUT2D eigenvalue weighted by molar-refractivity contribution is 0.583. The highest BCUT2D eigenvalue weighted by atomic mass is 32.2. The van der Waals surface area contributed by atoms with Gasteiger partial charge in [-0.15, -0.1) is 0 Å². The van der Waals surface area contributed by atoms with Crippen LogP contribution in [0.5, 0.6) is 0 Å². The topological polar surface area (TPSA) is 73.3 Å². The molecule has 0 aliphatic rings. The van der Waals surface area contributed by atoms with Gasteiger partial charge in [-0.05, 0) is 18.2 Å². The number of rotatable bonds is 1. The Balaban J connectivity index is 2.93. The second-order valence-corrected chi connectivity index (χ2v) is 4.28. The van der Waals surface area contributed by atoms with Crippen molar-refractivity contribution in [3.05, 3.63) is 30.3 Å². The highest BCUT2D eigenvalue weighted by molar-refractivity contribution is 7.89. The third-order valence-electron chi connectivity index (χ3n) is 1.83. The molecule has 0 aliphatic heterocycles. The summed E-state index contributed by atoms with van der Waals surface area (Å²) in [6, 6.07) is 3.47. The van der Waals surface area contributed by atoms with E-state index < -0.39 is 15.8 Å². The zero-order valence-corrected chi connectivity index (χ0v) is 7.71. The molecule has 14 heavy (non-hydrogen) atoms. The number of primary sulfonamides is 1. The summed E-state index contributed by atoms with van der Waals surface area (Å²) in [5.41, 5.74) is -0.0486. The molecular formula is C8H6FNO3S. The summed E-state index contributed by atoms with van der Waals surface area (Å²) < 4.78 is 40.1. The molecule has 0 fully saturated rings. The van der Waals surface area contributed by atoms with Crippen LogP contribution in [0.25, 0.3) is 11.0 Å². The maximum atomic E-state index is 13.1. The van der Waals surface area contributed by atoms with Gasteiger partial charge in [0.2, 0.25) is 10.0 Å². The van der Waals surface area contributed by atoms with Crippen LogP contribution in [0.4, 0.5) is 4.39 Å². The van der Waals surface area contributed by atoms with E-state index in [1.165, 1.54) is 12.3 Å². The first-order valence-electron chi connectivity index (χ1n) is 3.68. The summed E-state index contributed by atoms with van der Waals surface area (Å²) in [6.45, 7) is 0. The van der Waals surface area contributed by atoms with Gasteiger partial charge in [0, 0.05) is 0 Å². The summed E-state index contributed by atoms with van der Waals surface area (Å²) >= 11 is 0. The molecular weight excluding hydrogens is 209 g/mol. The van der Waals surface area contributed by atoms with Crippen molar-refractivity contribution < 1.29 is 17.2 Å². The molecule has 6 heteroatoms. The van der Waals surface area contributed by atoms with Gasteiger partial charge >= 0.3 is 0 Å². The number of fused-ring (bicyclic) bond motifs is 1. The van der Waals surface area contributed by atoms with Crippen molar-refractivity contribution in [2.45, 2.75) is 4.90 Å². The van der Waals surface area contributed by atoms with E-state index in [9.17, 15) is 12.8 Å². The van der Waals surface area contributed by atoms with E-state index in [2.05, 4.69) is 0 Å². The predicted molar refractivity (Wildman–Crippen MR) is 47.5 cm³/mol. The van der Waals surface area contributed by atoms with Crippen molar-refractivity contribution in [1.82, 2.24) is 0 Å². The Labute approximate surface area is 79.2 Å². The number of benzene rings is 1. The second kappa shape index (κ2) is 2.79. The fraction of sp³-hybridized carbons (Fsp3) is 0. The van der Waals surface area contributed by atoms with Gasteiger partial charge in [-0.1, -0.05) is 0 Å². The molecule has 1 heterocycles. The lowest BCUT2D eigenvalue weighted by Crippen LogP contribution is -2.12. The maximum absolute atomic E-state index is 13.1. The van der Waals surface area contributed by atoms with Crippen molar-refractivity contribution >= 4 is 21.0 Å². The van der Waals surface area contributed by atoms with Gasteiger partial charge in [0.25, 0.3) is 0 Å². The highest BCUT2D eigenvalue weighted by Gasteiger charge is 2.16. The molecule has 0 atom stereocenters. The van der Waals surface area contributed by atoms with Crippen molar-refractivity contribution in [1.29, 1.82) is 0 Å². The number of furan rings is 1. The Morgan fingerprint density at radius 2 is 2.00 bits per heavy atom. The molecule has 0 amide bonds. The molecule has 0 bridgehead atoms. The monoisotopic (exact) mass is 215 g/mol. The molecule has 0 unspecified atom stereocenters. The van der Waals surface area contributed by atoms with Crippen LogP contribution < -0.4 is 5.14 Å². The minimum atomic E-state index is -3.88. The number of sulfonamides is 1. The highest BCUT2D eigenvalue weighted by Crippen LogP contribution is 2.25. The van der Waals surface area contributed by atoms with Crippen LogP contribution in [-0.2, 0) is 10.0 Å². The predicted octanol–water partition coefficient (Wildman–Crippen LogP) is 1.22. The number of halogens is 1. The summed E-state index contributed by atoms with van der Waals surface area (Å²) in [6.07, 6.45) is 1.21. The van der Waals surface area contributed by atoms with E-state index >= 15 is 0 Å². The summed E-state index contributed by atoms with van der Waals surface area (Å²) in [5, 5.41) is 5.03. The number of hydrogen-bond acceptors (Lipinski definition) is 3. The van der Waals surface area contributed by atoms with Crippen molar-refractivity contribution in [2.24, 2.45) is 5.14 Å². The molecule has 74 valence electrons. The fourth-order valence-electron chi connectivity index (χ4n) is 1.23. The van der Waals surface area contributed by atoms with E-state index in [1.807, 2.05) is 0 Å². The summed E-state index contributed by atoms with van der Waals surface area (Å²) in [5.74, 6) is -0.541. The fourth-order valence-corrected chi connectivity index (χ4v) is 1.90. The largest absolute Gasteiger partial charge is 0.463 e. The van der Waals surface area contributed by atoms with E-state index in [4.69, 9.17) is 9.56 Å². The van der Waals surface area contributed by atoms with Gasteiger partial charge in [0.05, 0.1) is 11.6 Å². The Bertz CT molecular complexity index is 588. The van der Waals surface area contributed by atoms with Crippen molar-refractivity contribution in [3.63, 3.8) is 0 Å². The van der Waals surface area contributed by atoms with Crippen LogP contribution in [0.2, 0.25) is 0 Å². The molecule has 2 rings (SSSR count). The first-order valence-corrected chi connectivity index (χ1v) is 5.23. The SMILES string of the molecule is NS(=O)(=O)c1ccc(F)c2ccoc12. The zero-order valence-electron chi connectivity index (χ0n) is 6.90. The minimum absolute atomic E-state index is 0.0486. The molecule has 4 nitrogen and oxygen atoms in total. The van der Waals surface area contributed by atoms with Crippen molar-refractivity contribution in [3.8, 4) is 0 Å².